The number of carbonyl (C=O) groups is 3. The minimum atomic E-state index is -0.627. The van der Waals surface area contributed by atoms with Gasteiger partial charge in [-0.3, -0.25) is 4.79 Å². The molecule has 204 valence electrons. The van der Waals surface area contributed by atoms with Gasteiger partial charge in [-0.25, -0.2) is 14.5 Å². The van der Waals surface area contributed by atoms with E-state index in [1.165, 1.54) is 0 Å². The Bertz CT molecular complexity index is 993. The number of imide groups is 1. The van der Waals surface area contributed by atoms with E-state index in [0.717, 1.165) is 28.1 Å². The number of hydrogen-bond donors (Lipinski definition) is 2. The van der Waals surface area contributed by atoms with E-state index in [2.05, 4.69) is 0 Å². The van der Waals surface area contributed by atoms with Gasteiger partial charge in [0.1, 0.15) is 11.2 Å². The molecule has 0 fully saturated rings. The molecule has 2 aromatic rings. The number of carbonyl (C=O) groups excluding carboxylic acids is 3. The Kier molecular flexibility index (Phi) is 11.9. The lowest BCUT2D eigenvalue weighted by Crippen LogP contribution is -2.37. The number of nitrogen functional groups attached to an aromatic ring is 2. The number of amides is 3. The summed E-state index contributed by atoms with van der Waals surface area (Å²) in [6.07, 6.45) is 0.926. The summed E-state index contributed by atoms with van der Waals surface area (Å²) in [6, 6.07) is 15.0. The van der Waals surface area contributed by atoms with E-state index in [0.29, 0.717) is 25.1 Å². The van der Waals surface area contributed by atoms with Crippen LogP contribution in [0.2, 0.25) is 0 Å². The van der Waals surface area contributed by atoms with Crippen LogP contribution in [0.25, 0.3) is 0 Å². The number of nitrogens with zero attached hydrogens (tertiary/aromatic N) is 2. The molecule has 37 heavy (non-hydrogen) atoms. The van der Waals surface area contributed by atoms with E-state index in [1.807, 2.05) is 57.2 Å². The summed E-state index contributed by atoms with van der Waals surface area (Å²) in [5.41, 5.74) is 13.7. The molecule has 0 radical (unpaired) electrons. The van der Waals surface area contributed by atoms with Crippen LogP contribution in [0, 0.1) is 0 Å². The minimum Gasteiger partial charge on any atom is -0.444 e. The van der Waals surface area contributed by atoms with Crippen LogP contribution in [0.1, 0.15) is 52.7 Å². The van der Waals surface area contributed by atoms with Crippen molar-refractivity contribution in [3.63, 3.8) is 0 Å². The second-order valence-corrected chi connectivity index (χ2v) is 10.7. The molecule has 0 saturated carbocycles. The van der Waals surface area contributed by atoms with Gasteiger partial charge < -0.3 is 25.8 Å². The summed E-state index contributed by atoms with van der Waals surface area (Å²) in [5.74, 6) is 0. The number of hydrogen-bond acceptors (Lipinski definition) is 7. The predicted octanol–water partition coefficient (Wildman–Crippen LogP) is 4.88. The molecule has 9 nitrogen and oxygen atoms in total. The van der Waals surface area contributed by atoms with Gasteiger partial charge in [0, 0.05) is 31.5 Å². The summed E-state index contributed by atoms with van der Waals surface area (Å²) < 4.78 is 10.4. The van der Waals surface area contributed by atoms with Crippen molar-refractivity contribution in [3.8, 4) is 0 Å². The SMILES string of the molecule is CC(C)(C)OC(=O)N(C=O)CCc1ccc(N)cc1.CN(CCc1ccc(N)cc1)C(=O)OC(C)(C)C. The minimum absolute atomic E-state index is 0.280. The van der Waals surface area contributed by atoms with Gasteiger partial charge in [0.25, 0.3) is 0 Å². The zero-order valence-electron chi connectivity index (χ0n) is 23.1. The van der Waals surface area contributed by atoms with Crippen molar-refractivity contribution < 1.29 is 23.9 Å². The monoisotopic (exact) mass is 514 g/mol. The first-order chi connectivity index (χ1) is 17.1. The van der Waals surface area contributed by atoms with Crippen molar-refractivity contribution in [3.05, 3.63) is 59.7 Å². The molecule has 3 amide bonds. The number of benzene rings is 2. The normalized spacial score (nSPS) is 11.0. The lowest BCUT2D eigenvalue weighted by Gasteiger charge is -2.24. The fourth-order valence-corrected chi connectivity index (χ4v) is 2.85. The fourth-order valence-electron chi connectivity index (χ4n) is 2.85. The van der Waals surface area contributed by atoms with Gasteiger partial charge in [0.15, 0.2) is 0 Å². The number of rotatable bonds is 7. The first-order valence-electron chi connectivity index (χ1n) is 12.2. The third-order valence-electron chi connectivity index (χ3n) is 4.80. The predicted molar refractivity (Wildman–Crippen MR) is 147 cm³/mol. The van der Waals surface area contributed by atoms with Crippen LogP contribution in [0.3, 0.4) is 0 Å². The molecule has 0 aliphatic carbocycles. The first-order valence-corrected chi connectivity index (χ1v) is 12.2. The Labute approximate surface area is 220 Å². The van der Waals surface area contributed by atoms with Crippen LogP contribution >= 0.6 is 0 Å². The third-order valence-corrected chi connectivity index (χ3v) is 4.80. The second kappa shape index (κ2) is 14.1. The highest BCUT2D eigenvalue weighted by atomic mass is 16.6. The van der Waals surface area contributed by atoms with Crippen molar-refractivity contribution in [2.24, 2.45) is 0 Å². The van der Waals surface area contributed by atoms with Gasteiger partial charge in [-0.05, 0) is 89.8 Å². The number of ether oxygens (including phenoxy) is 2. The van der Waals surface area contributed by atoms with E-state index in [9.17, 15) is 14.4 Å². The Morgan fingerprint density at radius 2 is 1.11 bits per heavy atom. The van der Waals surface area contributed by atoms with Gasteiger partial charge in [0.2, 0.25) is 6.41 Å². The Morgan fingerprint density at radius 3 is 1.49 bits per heavy atom. The van der Waals surface area contributed by atoms with Crippen LogP contribution in [-0.2, 0) is 27.1 Å². The van der Waals surface area contributed by atoms with Gasteiger partial charge in [-0.15, -0.1) is 0 Å². The van der Waals surface area contributed by atoms with E-state index in [1.54, 1.807) is 44.9 Å². The van der Waals surface area contributed by atoms with E-state index in [4.69, 9.17) is 20.9 Å². The van der Waals surface area contributed by atoms with Crippen molar-refractivity contribution in [2.75, 3.05) is 31.6 Å². The molecule has 0 heterocycles. The van der Waals surface area contributed by atoms with Crippen LogP contribution in [0.15, 0.2) is 48.5 Å². The number of likely N-dealkylation sites (N-methyl/N-ethyl adjacent to an activating group) is 1. The third kappa shape index (κ3) is 13.8. The molecule has 0 atom stereocenters. The Morgan fingerprint density at radius 1 is 0.730 bits per heavy atom. The molecule has 2 aromatic carbocycles. The molecule has 0 bridgehead atoms. The zero-order valence-corrected chi connectivity index (χ0v) is 23.1. The second-order valence-electron chi connectivity index (χ2n) is 10.7. The molecule has 4 N–H and O–H groups in total. The maximum absolute atomic E-state index is 11.7. The quantitative estimate of drug-likeness (QED) is 0.398. The van der Waals surface area contributed by atoms with Gasteiger partial charge in [-0.1, -0.05) is 24.3 Å². The molecule has 0 saturated heterocycles. The highest BCUT2D eigenvalue weighted by Gasteiger charge is 2.21. The molecular formula is C28H42N4O5. The van der Waals surface area contributed by atoms with Crippen molar-refractivity contribution in [1.82, 2.24) is 9.80 Å². The van der Waals surface area contributed by atoms with Gasteiger partial charge in [0.05, 0.1) is 0 Å². The molecule has 9 heteroatoms. The fraction of sp³-hybridized carbons (Fsp3) is 0.464. The van der Waals surface area contributed by atoms with Gasteiger partial charge >= 0.3 is 12.2 Å². The highest BCUT2D eigenvalue weighted by Crippen LogP contribution is 2.12. The Hall–Kier alpha value is -3.75. The largest absolute Gasteiger partial charge is 0.444 e. The molecular weight excluding hydrogens is 472 g/mol. The molecule has 0 aromatic heterocycles. The van der Waals surface area contributed by atoms with Crippen LogP contribution in [0.4, 0.5) is 21.0 Å². The number of nitrogens with two attached hydrogens (primary N) is 2. The molecule has 0 spiro atoms. The summed E-state index contributed by atoms with van der Waals surface area (Å²) in [5, 5.41) is 0. The van der Waals surface area contributed by atoms with E-state index in [-0.39, 0.29) is 12.6 Å². The highest BCUT2D eigenvalue weighted by molar-refractivity contribution is 5.80. The maximum Gasteiger partial charge on any atom is 0.416 e. The van der Waals surface area contributed by atoms with Crippen LogP contribution in [-0.4, -0.2) is 59.7 Å². The molecule has 0 aliphatic rings. The van der Waals surface area contributed by atoms with Crippen molar-refractivity contribution in [1.29, 1.82) is 0 Å². The molecule has 0 unspecified atom stereocenters. The number of anilines is 2. The van der Waals surface area contributed by atoms with Crippen molar-refractivity contribution >= 4 is 30.0 Å². The lowest BCUT2D eigenvalue weighted by molar-refractivity contribution is -0.117. The maximum atomic E-state index is 11.7. The average Bonchev–Trinajstić information content (AvgIpc) is 2.78. The molecule has 2 rings (SSSR count). The molecule has 0 aliphatic heterocycles. The summed E-state index contributed by atoms with van der Waals surface area (Å²) >= 11 is 0. The van der Waals surface area contributed by atoms with Crippen molar-refractivity contribution in [2.45, 2.75) is 65.6 Å². The summed E-state index contributed by atoms with van der Waals surface area (Å²) in [7, 11) is 1.74. The van der Waals surface area contributed by atoms with Crippen LogP contribution < -0.4 is 11.5 Å². The van der Waals surface area contributed by atoms with E-state index < -0.39 is 17.3 Å². The van der Waals surface area contributed by atoms with Gasteiger partial charge in [-0.2, -0.15) is 0 Å². The summed E-state index contributed by atoms with van der Waals surface area (Å²) in [4.78, 5) is 37.0. The van der Waals surface area contributed by atoms with E-state index >= 15 is 0 Å². The standard InChI is InChI=1S/C14H20N2O3.C14H22N2O2/c1-14(2,3)19-13(18)16(10-17)9-8-11-4-6-12(15)7-5-11;1-14(2,3)18-13(17)16(4)10-9-11-5-7-12(15)8-6-11/h4-7,10H,8-9,15H2,1-3H3;5-8H,9-10,15H2,1-4H3. The lowest BCUT2D eigenvalue weighted by atomic mass is 10.1. The summed E-state index contributed by atoms with van der Waals surface area (Å²) in [6.45, 7) is 11.8. The topological polar surface area (TPSA) is 128 Å². The van der Waals surface area contributed by atoms with Crippen LogP contribution in [0.5, 0.6) is 0 Å². The average molecular weight is 515 g/mol. The zero-order chi connectivity index (χ0) is 28.2. The smallest absolute Gasteiger partial charge is 0.416 e. The first kappa shape index (κ1) is 31.3. The Balaban J connectivity index is 0.000000371.